The van der Waals surface area contributed by atoms with Crippen LogP contribution in [0.25, 0.3) is 0 Å². The molecule has 0 bridgehead atoms. The number of nitrogens with one attached hydrogen (secondary N) is 2. The van der Waals surface area contributed by atoms with Gasteiger partial charge < -0.3 is 20.6 Å². The molecular weight excluding hydrogens is 470 g/mol. The highest BCUT2D eigenvalue weighted by Gasteiger charge is 2.52. The topological polar surface area (TPSA) is 116 Å². The second kappa shape index (κ2) is 11.2. The number of aliphatic carboxylic acids is 1. The molecular formula is C29H41N3O5. The zero-order chi connectivity index (χ0) is 26.7. The smallest absolute Gasteiger partial charge is 0.326 e. The summed E-state index contributed by atoms with van der Waals surface area (Å²) in [7, 11) is 0. The summed E-state index contributed by atoms with van der Waals surface area (Å²) in [6, 6.07) is 6.19. The Morgan fingerprint density at radius 2 is 1.59 bits per heavy atom. The van der Waals surface area contributed by atoms with Gasteiger partial charge in [0.1, 0.15) is 18.1 Å². The van der Waals surface area contributed by atoms with E-state index in [4.69, 9.17) is 0 Å². The fourth-order valence-electron chi connectivity index (χ4n) is 6.54. The minimum Gasteiger partial charge on any atom is -0.480 e. The first-order valence-corrected chi connectivity index (χ1v) is 13.8. The standard InChI is InChI=1S/C29H41N3O5/c1-29(2,3)24(27(35)32-21-16-10-15-20(21)17-22(32)28(36)37)31-26(34)23(18-11-6-4-7-12-18)30-25(33)19-13-8-5-9-14-19/h5,8-9,13-14,18,20-24H,4,6-7,10-12,15-17H2,1-3H3,(H,30,33)(H,31,34)(H,36,37). The molecule has 1 aliphatic heterocycles. The highest BCUT2D eigenvalue weighted by molar-refractivity contribution is 5.99. The lowest BCUT2D eigenvalue weighted by Gasteiger charge is -2.38. The van der Waals surface area contributed by atoms with Crippen molar-refractivity contribution >= 4 is 23.7 Å². The molecule has 1 aromatic carbocycles. The molecule has 3 fully saturated rings. The Morgan fingerprint density at radius 3 is 2.22 bits per heavy atom. The van der Waals surface area contributed by atoms with E-state index in [0.717, 1.165) is 51.4 Å². The number of carbonyl (C=O) groups excluding carboxylic acids is 3. The summed E-state index contributed by atoms with van der Waals surface area (Å²) in [4.78, 5) is 54.5. The zero-order valence-corrected chi connectivity index (χ0v) is 22.2. The van der Waals surface area contributed by atoms with E-state index in [1.165, 1.54) is 0 Å². The lowest BCUT2D eigenvalue weighted by molar-refractivity contribution is -0.152. The number of nitrogens with zero attached hydrogens (tertiary/aromatic N) is 1. The van der Waals surface area contributed by atoms with Gasteiger partial charge in [-0.3, -0.25) is 14.4 Å². The van der Waals surface area contributed by atoms with Crippen molar-refractivity contribution in [3.63, 3.8) is 0 Å². The molecule has 0 spiro atoms. The molecule has 8 heteroatoms. The molecule has 37 heavy (non-hydrogen) atoms. The van der Waals surface area contributed by atoms with Crippen LogP contribution in [0, 0.1) is 17.3 Å². The maximum Gasteiger partial charge on any atom is 0.326 e. The summed E-state index contributed by atoms with van der Waals surface area (Å²) >= 11 is 0. The zero-order valence-electron chi connectivity index (χ0n) is 22.2. The molecule has 0 aromatic heterocycles. The maximum absolute atomic E-state index is 14.0. The maximum atomic E-state index is 14.0. The Kier molecular flexibility index (Phi) is 8.24. The van der Waals surface area contributed by atoms with Gasteiger partial charge in [0.2, 0.25) is 11.8 Å². The molecule has 3 amide bonds. The van der Waals surface area contributed by atoms with Crippen molar-refractivity contribution in [2.45, 2.75) is 103 Å². The third-order valence-corrected chi connectivity index (χ3v) is 8.50. The largest absolute Gasteiger partial charge is 0.480 e. The number of likely N-dealkylation sites (tertiary alicyclic amines) is 1. The Morgan fingerprint density at radius 1 is 0.919 bits per heavy atom. The SMILES string of the molecule is CC(C)(C)C(NC(=O)C(NC(=O)c1ccccc1)C1CCCCC1)C(=O)N1C(C(=O)O)CC2CCCC21. The van der Waals surface area contributed by atoms with Gasteiger partial charge in [0.15, 0.2) is 0 Å². The number of rotatable bonds is 7. The van der Waals surface area contributed by atoms with Crippen LogP contribution in [0.2, 0.25) is 0 Å². The van der Waals surface area contributed by atoms with Crippen molar-refractivity contribution in [2.75, 3.05) is 0 Å². The van der Waals surface area contributed by atoms with Crippen molar-refractivity contribution in [3.8, 4) is 0 Å². The predicted octanol–water partition coefficient (Wildman–Crippen LogP) is 3.75. The Balaban J connectivity index is 1.57. The average Bonchev–Trinajstić information content (AvgIpc) is 3.47. The third-order valence-electron chi connectivity index (χ3n) is 8.50. The summed E-state index contributed by atoms with van der Waals surface area (Å²) in [6.07, 6.45) is 7.93. The van der Waals surface area contributed by atoms with Crippen LogP contribution in [0.15, 0.2) is 30.3 Å². The van der Waals surface area contributed by atoms with Crippen molar-refractivity contribution < 1.29 is 24.3 Å². The van der Waals surface area contributed by atoms with Crippen molar-refractivity contribution in [3.05, 3.63) is 35.9 Å². The number of carbonyl (C=O) groups is 4. The van der Waals surface area contributed by atoms with Gasteiger partial charge >= 0.3 is 5.97 Å². The van der Waals surface area contributed by atoms with Crippen molar-refractivity contribution in [1.29, 1.82) is 0 Å². The molecule has 4 rings (SSSR count). The molecule has 2 aliphatic carbocycles. The normalized spacial score (nSPS) is 25.7. The number of hydrogen-bond donors (Lipinski definition) is 3. The molecule has 1 aromatic rings. The lowest BCUT2D eigenvalue weighted by atomic mass is 9.82. The predicted molar refractivity (Wildman–Crippen MR) is 140 cm³/mol. The molecule has 2 saturated carbocycles. The van der Waals surface area contributed by atoms with Crippen LogP contribution >= 0.6 is 0 Å². The van der Waals surface area contributed by atoms with Gasteiger partial charge in [-0.2, -0.15) is 0 Å². The summed E-state index contributed by atoms with van der Waals surface area (Å²) in [5.41, 5.74) is -0.166. The molecule has 5 unspecified atom stereocenters. The minimum atomic E-state index is -0.989. The van der Waals surface area contributed by atoms with Gasteiger partial charge in [0.05, 0.1) is 0 Å². The first-order valence-electron chi connectivity index (χ1n) is 13.8. The molecule has 202 valence electrons. The van der Waals surface area contributed by atoms with E-state index in [1.807, 2.05) is 26.8 Å². The van der Waals surface area contributed by atoms with Crippen LogP contribution in [0.1, 0.15) is 88.9 Å². The minimum absolute atomic E-state index is 0.0186. The summed E-state index contributed by atoms with van der Waals surface area (Å²) < 4.78 is 0. The van der Waals surface area contributed by atoms with Crippen LogP contribution in [-0.4, -0.2) is 57.9 Å². The monoisotopic (exact) mass is 511 g/mol. The van der Waals surface area contributed by atoms with Gasteiger partial charge in [-0.1, -0.05) is 64.7 Å². The van der Waals surface area contributed by atoms with E-state index in [1.54, 1.807) is 29.2 Å². The van der Waals surface area contributed by atoms with Crippen LogP contribution in [-0.2, 0) is 14.4 Å². The van der Waals surface area contributed by atoms with Gasteiger partial charge in [-0.25, -0.2) is 4.79 Å². The summed E-state index contributed by atoms with van der Waals surface area (Å²) in [6.45, 7) is 5.64. The van der Waals surface area contributed by atoms with E-state index in [-0.39, 0.29) is 35.6 Å². The Hall–Kier alpha value is -2.90. The first-order chi connectivity index (χ1) is 17.6. The quantitative estimate of drug-likeness (QED) is 0.516. The molecule has 3 aliphatic rings. The molecule has 8 nitrogen and oxygen atoms in total. The highest BCUT2D eigenvalue weighted by atomic mass is 16.4. The van der Waals surface area contributed by atoms with E-state index < -0.39 is 29.5 Å². The second-order valence-electron chi connectivity index (χ2n) is 12.1. The van der Waals surface area contributed by atoms with Gasteiger partial charge in [-0.15, -0.1) is 0 Å². The fraction of sp³-hybridized carbons (Fsp3) is 0.655. The Labute approximate surface area is 219 Å². The average molecular weight is 512 g/mol. The molecule has 0 radical (unpaired) electrons. The first kappa shape index (κ1) is 27.1. The molecule has 1 heterocycles. The van der Waals surface area contributed by atoms with E-state index >= 15 is 0 Å². The Bertz CT molecular complexity index is 999. The van der Waals surface area contributed by atoms with Gasteiger partial charge in [-0.05, 0) is 61.5 Å². The molecule has 1 saturated heterocycles. The summed E-state index contributed by atoms with van der Waals surface area (Å²) in [5, 5.41) is 15.8. The van der Waals surface area contributed by atoms with Crippen LogP contribution in [0.5, 0.6) is 0 Å². The molecule has 5 atom stereocenters. The fourth-order valence-corrected chi connectivity index (χ4v) is 6.54. The summed E-state index contributed by atoms with van der Waals surface area (Å²) in [5.74, 6) is -1.84. The van der Waals surface area contributed by atoms with Crippen LogP contribution in [0.4, 0.5) is 0 Å². The number of amides is 3. The number of fused-ring (bicyclic) bond motifs is 1. The van der Waals surface area contributed by atoms with E-state index in [2.05, 4.69) is 10.6 Å². The lowest BCUT2D eigenvalue weighted by Crippen LogP contribution is -2.62. The number of carboxylic acids is 1. The number of carboxylic acid groups (broad SMARTS) is 1. The van der Waals surface area contributed by atoms with E-state index in [0.29, 0.717) is 12.0 Å². The number of benzene rings is 1. The van der Waals surface area contributed by atoms with Crippen LogP contribution < -0.4 is 10.6 Å². The van der Waals surface area contributed by atoms with Crippen molar-refractivity contribution in [2.24, 2.45) is 17.3 Å². The van der Waals surface area contributed by atoms with Crippen LogP contribution in [0.3, 0.4) is 0 Å². The van der Waals surface area contributed by atoms with Gasteiger partial charge in [0, 0.05) is 11.6 Å². The molecule has 3 N–H and O–H groups in total. The third kappa shape index (κ3) is 5.99. The van der Waals surface area contributed by atoms with Gasteiger partial charge in [0.25, 0.3) is 5.91 Å². The van der Waals surface area contributed by atoms with Crippen molar-refractivity contribution in [1.82, 2.24) is 15.5 Å². The highest BCUT2D eigenvalue weighted by Crippen LogP contribution is 2.42. The number of hydrogen-bond acceptors (Lipinski definition) is 4. The second-order valence-corrected chi connectivity index (χ2v) is 12.1. The van der Waals surface area contributed by atoms with E-state index in [9.17, 15) is 24.3 Å².